The molecule has 1 fully saturated rings. The first-order chi connectivity index (χ1) is 16.5. The summed E-state index contributed by atoms with van der Waals surface area (Å²) < 4.78 is 6.11. The molecule has 2 N–H and O–H groups in total. The number of fused-ring (bicyclic) bond motifs is 2. The third-order valence-corrected chi connectivity index (χ3v) is 7.23. The maximum absolute atomic E-state index is 11.5. The number of carbonyl (C=O) groups excluding carboxylic acids is 1. The monoisotopic (exact) mass is 454 g/mol. The molecule has 0 spiro atoms. The summed E-state index contributed by atoms with van der Waals surface area (Å²) in [5.41, 5.74) is 10.3. The van der Waals surface area contributed by atoms with Gasteiger partial charge in [-0.1, -0.05) is 18.2 Å². The zero-order valence-corrected chi connectivity index (χ0v) is 19.5. The van der Waals surface area contributed by atoms with Crippen LogP contribution in [-0.2, 0) is 11.2 Å². The van der Waals surface area contributed by atoms with Crippen molar-refractivity contribution in [2.24, 2.45) is 5.73 Å². The first-order valence-corrected chi connectivity index (χ1v) is 12.0. The number of piperazine rings is 1. The smallest absolute Gasteiger partial charge is 0.248 e. The first kappa shape index (κ1) is 22.4. The van der Waals surface area contributed by atoms with Crippen LogP contribution in [-0.4, -0.2) is 49.6 Å². The van der Waals surface area contributed by atoms with Gasteiger partial charge in [-0.25, -0.2) is 0 Å². The van der Waals surface area contributed by atoms with Gasteiger partial charge < -0.3 is 15.4 Å². The van der Waals surface area contributed by atoms with Crippen LogP contribution >= 0.6 is 0 Å². The van der Waals surface area contributed by atoms with Crippen LogP contribution < -0.4 is 10.6 Å². The number of primary amides is 1. The summed E-state index contributed by atoms with van der Waals surface area (Å²) in [6, 6.07) is 20.8. The Kier molecular flexibility index (Phi) is 6.23. The molecular weight excluding hydrogens is 424 g/mol. The Balaban J connectivity index is 1.22. The van der Waals surface area contributed by atoms with Gasteiger partial charge in [0.05, 0.1) is 24.3 Å². The van der Waals surface area contributed by atoms with Crippen LogP contribution in [0, 0.1) is 11.3 Å². The van der Waals surface area contributed by atoms with Gasteiger partial charge in [-0.15, -0.1) is 0 Å². The van der Waals surface area contributed by atoms with E-state index in [-0.39, 0.29) is 12.0 Å². The maximum Gasteiger partial charge on any atom is 0.248 e. The highest BCUT2D eigenvalue weighted by Crippen LogP contribution is 2.31. The van der Waals surface area contributed by atoms with Gasteiger partial charge in [0.1, 0.15) is 0 Å². The van der Waals surface area contributed by atoms with E-state index in [1.165, 1.54) is 16.8 Å². The second-order valence-electron chi connectivity index (χ2n) is 9.36. The molecule has 0 bridgehead atoms. The number of benzene rings is 3. The Labute approximate surface area is 200 Å². The fraction of sp³-hybridized carbons (Fsp3) is 0.357. The van der Waals surface area contributed by atoms with E-state index in [4.69, 9.17) is 10.5 Å². The van der Waals surface area contributed by atoms with E-state index >= 15 is 0 Å². The van der Waals surface area contributed by atoms with E-state index in [1.807, 2.05) is 36.4 Å². The van der Waals surface area contributed by atoms with Crippen molar-refractivity contribution < 1.29 is 9.53 Å². The van der Waals surface area contributed by atoms with Gasteiger partial charge in [0, 0.05) is 43.5 Å². The van der Waals surface area contributed by atoms with Crippen molar-refractivity contribution in [1.82, 2.24) is 4.90 Å². The first-order valence-electron chi connectivity index (χ1n) is 12.0. The van der Waals surface area contributed by atoms with Gasteiger partial charge in [0.25, 0.3) is 0 Å². The highest BCUT2D eigenvalue weighted by Gasteiger charge is 2.27. The zero-order chi connectivity index (χ0) is 23.7. The molecule has 2 aliphatic rings. The average molecular weight is 455 g/mol. The largest absolute Gasteiger partial charge is 0.373 e. The van der Waals surface area contributed by atoms with Gasteiger partial charge in [-0.05, 0) is 78.1 Å². The van der Waals surface area contributed by atoms with Crippen molar-refractivity contribution in [2.45, 2.75) is 31.9 Å². The van der Waals surface area contributed by atoms with Crippen LogP contribution in [0.1, 0.15) is 46.5 Å². The van der Waals surface area contributed by atoms with E-state index in [2.05, 4.69) is 41.0 Å². The van der Waals surface area contributed by atoms with Crippen molar-refractivity contribution in [3.63, 3.8) is 0 Å². The minimum atomic E-state index is -0.380. The van der Waals surface area contributed by atoms with Crippen LogP contribution in [0.5, 0.6) is 0 Å². The Morgan fingerprint density at radius 2 is 1.97 bits per heavy atom. The van der Waals surface area contributed by atoms with Crippen LogP contribution in [0.15, 0.2) is 54.6 Å². The minimum Gasteiger partial charge on any atom is -0.373 e. The number of nitriles is 1. The third-order valence-electron chi connectivity index (χ3n) is 7.23. The Morgan fingerprint density at radius 1 is 1.12 bits per heavy atom. The molecule has 0 aromatic heterocycles. The van der Waals surface area contributed by atoms with Crippen molar-refractivity contribution in [3.8, 4) is 6.07 Å². The lowest BCUT2D eigenvalue weighted by Gasteiger charge is -2.41. The molecule has 0 unspecified atom stereocenters. The highest BCUT2D eigenvalue weighted by molar-refractivity contribution is 5.93. The summed E-state index contributed by atoms with van der Waals surface area (Å²) in [6.07, 6.45) is 1.81. The third kappa shape index (κ3) is 4.50. The summed E-state index contributed by atoms with van der Waals surface area (Å²) in [7, 11) is 0. The van der Waals surface area contributed by atoms with Crippen LogP contribution in [0.4, 0.5) is 5.69 Å². The molecule has 6 heteroatoms. The van der Waals surface area contributed by atoms with Crippen molar-refractivity contribution in [2.75, 3.05) is 37.7 Å². The van der Waals surface area contributed by atoms with Gasteiger partial charge >= 0.3 is 0 Å². The molecule has 0 saturated carbocycles. The number of nitrogens with zero attached hydrogens (tertiary/aromatic N) is 3. The Bertz CT molecular complexity index is 1260. The summed E-state index contributed by atoms with van der Waals surface area (Å²) in [6.45, 7) is 6.87. The molecule has 2 aliphatic heterocycles. The van der Waals surface area contributed by atoms with Gasteiger partial charge in [-0.3, -0.25) is 9.69 Å². The summed E-state index contributed by atoms with van der Waals surface area (Å²) >= 11 is 0. The van der Waals surface area contributed by atoms with Crippen molar-refractivity contribution >= 4 is 22.4 Å². The second kappa shape index (κ2) is 9.46. The summed E-state index contributed by atoms with van der Waals surface area (Å²) in [4.78, 5) is 16.5. The molecule has 2 heterocycles. The fourth-order valence-corrected chi connectivity index (χ4v) is 5.27. The number of anilines is 1. The van der Waals surface area contributed by atoms with E-state index < -0.39 is 0 Å². The molecule has 0 radical (unpaired) electrons. The van der Waals surface area contributed by atoms with Gasteiger partial charge in [-0.2, -0.15) is 5.26 Å². The normalized spacial score (nSPS) is 20.6. The van der Waals surface area contributed by atoms with E-state index in [0.717, 1.165) is 49.8 Å². The molecule has 2 atom stereocenters. The molecule has 1 saturated heterocycles. The van der Waals surface area contributed by atoms with E-state index in [1.54, 1.807) is 0 Å². The Morgan fingerprint density at radius 3 is 2.76 bits per heavy atom. The molecule has 1 amide bonds. The Hall–Kier alpha value is -3.40. The van der Waals surface area contributed by atoms with Crippen molar-refractivity contribution in [3.05, 3.63) is 76.9 Å². The molecule has 6 nitrogen and oxygen atoms in total. The number of hydrogen-bond acceptors (Lipinski definition) is 5. The number of hydrogen-bond donors (Lipinski definition) is 1. The van der Waals surface area contributed by atoms with E-state index in [0.29, 0.717) is 23.8 Å². The molecule has 0 aliphatic carbocycles. The molecule has 34 heavy (non-hydrogen) atoms. The standard InChI is InChI=1S/C28H30N4O2/c1-19-18-32(25-6-4-21-3-2-20(17-29)14-24(21)16-25)12-11-31(19)10-8-27-26-7-5-23(28(30)33)15-22(26)9-13-34-27/h2-7,14-16,19,27H,8-13,18H2,1H3,(H2,30,33)/t19-,27+/m1/s1. The lowest BCUT2D eigenvalue weighted by molar-refractivity contribution is 0.0255. The van der Waals surface area contributed by atoms with Crippen LogP contribution in [0.25, 0.3) is 10.8 Å². The summed E-state index contributed by atoms with van der Waals surface area (Å²) in [5, 5.41) is 11.5. The fourth-order valence-electron chi connectivity index (χ4n) is 5.27. The number of ether oxygens (including phenoxy) is 1. The predicted octanol–water partition coefficient (Wildman–Crippen LogP) is 4.02. The highest BCUT2D eigenvalue weighted by atomic mass is 16.5. The number of amides is 1. The lowest BCUT2D eigenvalue weighted by atomic mass is 9.93. The van der Waals surface area contributed by atoms with Crippen LogP contribution in [0.2, 0.25) is 0 Å². The maximum atomic E-state index is 11.5. The molecular formula is C28H30N4O2. The zero-order valence-electron chi connectivity index (χ0n) is 19.5. The average Bonchev–Trinajstić information content (AvgIpc) is 2.86. The quantitative estimate of drug-likeness (QED) is 0.630. The minimum absolute atomic E-state index is 0.0609. The number of carbonyl (C=O) groups is 1. The second-order valence-corrected chi connectivity index (χ2v) is 9.36. The lowest BCUT2D eigenvalue weighted by Crippen LogP contribution is -2.52. The number of rotatable bonds is 5. The number of nitrogens with two attached hydrogens (primary N) is 1. The van der Waals surface area contributed by atoms with Gasteiger partial charge in [0.15, 0.2) is 0 Å². The molecule has 3 aromatic rings. The SMILES string of the molecule is C[C@@H]1CN(c2ccc3ccc(C#N)cc3c2)CCN1CC[C@@H]1OCCc2cc(C(N)=O)ccc21. The summed E-state index contributed by atoms with van der Waals surface area (Å²) in [5.74, 6) is -0.380. The van der Waals surface area contributed by atoms with Crippen LogP contribution in [0.3, 0.4) is 0 Å². The molecule has 3 aromatic carbocycles. The predicted molar refractivity (Wildman–Crippen MR) is 134 cm³/mol. The van der Waals surface area contributed by atoms with Gasteiger partial charge in [0.2, 0.25) is 5.91 Å². The van der Waals surface area contributed by atoms with Crippen molar-refractivity contribution in [1.29, 1.82) is 5.26 Å². The topological polar surface area (TPSA) is 82.6 Å². The molecule has 174 valence electrons. The molecule has 5 rings (SSSR count). The van der Waals surface area contributed by atoms with E-state index in [9.17, 15) is 10.1 Å².